The molecule has 1 saturated heterocycles. The second kappa shape index (κ2) is 10.9. The fourth-order valence-electron chi connectivity index (χ4n) is 3.27. The minimum absolute atomic E-state index is 0.0114. The molecule has 0 bridgehead atoms. The third-order valence-corrected chi connectivity index (χ3v) is 4.91. The van der Waals surface area contributed by atoms with Crippen molar-refractivity contribution >= 4 is 11.9 Å². The third kappa shape index (κ3) is 7.19. The van der Waals surface area contributed by atoms with Crippen molar-refractivity contribution in [3.63, 3.8) is 0 Å². The monoisotopic (exact) mass is 375 g/mol. The van der Waals surface area contributed by atoms with Gasteiger partial charge < -0.3 is 20.4 Å². The molecule has 1 aliphatic rings. The Bertz CT molecular complexity index is 593. The molecular weight excluding hydrogens is 342 g/mol. The van der Waals surface area contributed by atoms with Gasteiger partial charge in [0.05, 0.1) is 0 Å². The van der Waals surface area contributed by atoms with E-state index in [0.717, 1.165) is 32.6 Å². The molecule has 1 atom stereocenters. The number of hydrogen-bond acceptors (Lipinski definition) is 4. The molecule has 0 aromatic heterocycles. The maximum absolute atomic E-state index is 11.8. The highest BCUT2D eigenvalue weighted by Crippen LogP contribution is 2.24. The fourth-order valence-corrected chi connectivity index (χ4v) is 3.27. The van der Waals surface area contributed by atoms with Gasteiger partial charge in [0.1, 0.15) is 0 Å². The summed E-state index contributed by atoms with van der Waals surface area (Å²) in [6.07, 6.45) is 1.22. The lowest BCUT2D eigenvalue weighted by atomic mass is 10.0. The van der Waals surface area contributed by atoms with Gasteiger partial charge in [-0.05, 0) is 19.0 Å². The Morgan fingerprint density at radius 2 is 1.81 bits per heavy atom. The van der Waals surface area contributed by atoms with Crippen LogP contribution in [0.4, 0.5) is 4.79 Å². The van der Waals surface area contributed by atoms with Gasteiger partial charge in [-0.2, -0.15) is 0 Å². The summed E-state index contributed by atoms with van der Waals surface area (Å²) in [4.78, 5) is 29.7. The van der Waals surface area contributed by atoms with E-state index >= 15 is 0 Å². The van der Waals surface area contributed by atoms with E-state index in [1.165, 1.54) is 10.5 Å². The van der Waals surface area contributed by atoms with Crippen LogP contribution < -0.4 is 10.6 Å². The molecule has 2 rings (SSSR count). The molecule has 27 heavy (non-hydrogen) atoms. The smallest absolute Gasteiger partial charge is 0.314 e. The average Bonchev–Trinajstić information content (AvgIpc) is 2.66. The van der Waals surface area contributed by atoms with Gasteiger partial charge in [0.15, 0.2) is 0 Å². The molecular formula is C20H33N5O2. The van der Waals surface area contributed by atoms with Crippen molar-refractivity contribution in [3.8, 4) is 0 Å². The molecule has 1 aromatic carbocycles. The van der Waals surface area contributed by atoms with Crippen LogP contribution in [0.5, 0.6) is 0 Å². The number of amides is 3. The molecule has 150 valence electrons. The van der Waals surface area contributed by atoms with Crippen LogP contribution in [0.25, 0.3) is 0 Å². The van der Waals surface area contributed by atoms with Crippen LogP contribution >= 0.6 is 0 Å². The first-order valence-corrected chi connectivity index (χ1v) is 9.66. The van der Waals surface area contributed by atoms with Crippen LogP contribution in [-0.2, 0) is 4.79 Å². The van der Waals surface area contributed by atoms with Gasteiger partial charge in [-0.25, -0.2) is 4.79 Å². The molecule has 7 nitrogen and oxygen atoms in total. The van der Waals surface area contributed by atoms with E-state index in [0.29, 0.717) is 25.6 Å². The topological polar surface area (TPSA) is 67.9 Å². The van der Waals surface area contributed by atoms with Crippen molar-refractivity contribution in [3.05, 3.63) is 35.9 Å². The van der Waals surface area contributed by atoms with Crippen LogP contribution in [0.15, 0.2) is 30.3 Å². The van der Waals surface area contributed by atoms with E-state index in [2.05, 4.69) is 57.8 Å². The van der Waals surface area contributed by atoms with E-state index in [9.17, 15) is 9.59 Å². The maximum Gasteiger partial charge on any atom is 0.314 e. The highest BCUT2D eigenvalue weighted by Gasteiger charge is 2.25. The summed E-state index contributed by atoms with van der Waals surface area (Å²) >= 11 is 0. The number of hydrogen-bond donors (Lipinski definition) is 2. The number of benzene rings is 1. The summed E-state index contributed by atoms with van der Waals surface area (Å²) in [6, 6.07) is 10.8. The number of nitrogens with zero attached hydrogens (tertiary/aromatic N) is 3. The second-order valence-electron chi connectivity index (χ2n) is 7.30. The van der Waals surface area contributed by atoms with Crippen molar-refractivity contribution in [2.75, 3.05) is 60.4 Å². The van der Waals surface area contributed by atoms with E-state index < -0.39 is 0 Å². The maximum atomic E-state index is 11.8. The lowest BCUT2D eigenvalue weighted by molar-refractivity contribution is -0.128. The highest BCUT2D eigenvalue weighted by atomic mass is 16.2. The predicted molar refractivity (Wildman–Crippen MR) is 108 cm³/mol. The van der Waals surface area contributed by atoms with Crippen LogP contribution in [0, 0.1) is 0 Å². The van der Waals surface area contributed by atoms with Crippen LogP contribution in [-0.4, -0.2) is 87.0 Å². The first kappa shape index (κ1) is 21.2. The molecule has 0 spiro atoms. The number of nitrogens with one attached hydrogen (secondary N) is 2. The normalized spacial score (nSPS) is 18.1. The van der Waals surface area contributed by atoms with E-state index in [1.54, 1.807) is 14.1 Å². The SMILES string of the molecule is CN1CCN(CCCNC(=O)NCCC(=O)N(C)C)C(c2ccccc2)C1. The number of likely N-dealkylation sites (N-methyl/N-ethyl adjacent to an activating group) is 1. The molecule has 7 heteroatoms. The van der Waals surface area contributed by atoms with Gasteiger partial charge in [0, 0.05) is 65.8 Å². The summed E-state index contributed by atoms with van der Waals surface area (Å²) in [6.45, 7) is 5.06. The zero-order chi connectivity index (χ0) is 19.6. The summed E-state index contributed by atoms with van der Waals surface area (Å²) in [5.74, 6) is 0.0114. The van der Waals surface area contributed by atoms with Gasteiger partial charge >= 0.3 is 6.03 Å². The number of carbonyl (C=O) groups excluding carboxylic acids is 2. The third-order valence-electron chi connectivity index (χ3n) is 4.91. The summed E-state index contributed by atoms with van der Waals surface area (Å²) in [7, 11) is 5.59. The molecule has 2 N–H and O–H groups in total. The lowest BCUT2D eigenvalue weighted by Gasteiger charge is -2.40. The largest absolute Gasteiger partial charge is 0.349 e. The Kier molecular flexibility index (Phi) is 8.54. The minimum atomic E-state index is -0.209. The number of rotatable bonds is 8. The Hall–Kier alpha value is -2.12. The molecule has 3 amide bonds. The first-order chi connectivity index (χ1) is 13.0. The zero-order valence-corrected chi connectivity index (χ0v) is 16.8. The minimum Gasteiger partial charge on any atom is -0.349 e. The van der Waals surface area contributed by atoms with Gasteiger partial charge in [0.2, 0.25) is 5.91 Å². The summed E-state index contributed by atoms with van der Waals surface area (Å²) < 4.78 is 0. The second-order valence-corrected chi connectivity index (χ2v) is 7.30. The predicted octanol–water partition coefficient (Wildman–Crippen LogP) is 1.14. The number of carbonyl (C=O) groups is 2. The molecule has 1 heterocycles. The Labute approximate surface area is 162 Å². The molecule has 1 unspecified atom stereocenters. The fraction of sp³-hybridized carbons (Fsp3) is 0.600. The molecule has 0 saturated carbocycles. The summed E-state index contributed by atoms with van der Waals surface area (Å²) in [5, 5.41) is 5.61. The van der Waals surface area contributed by atoms with Crippen molar-refractivity contribution < 1.29 is 9.59 Å². The average molecular weight is 376 g/mol. The first-order valence-electron chi connectivity index (χ1n) is 9.66. The molecule has 0 aliphatic carbocycles. The molecule has 1 aliphatic heterocycles. The van der Waals surface area contributed by atoms with Gasteiger partial charge in [-0.3, -0.25) is 9.69 Å². The van der Waals surface area contributed by atoms with Gasteiger partial charge in [-0.1, -0.05) is 30.3 Å². The molecule has 1 aromatic rings. The van der Waals surface area contributed by atoms with Crippen LogP contribution in [0.1, 0.15) is 24.4 Å². The standard InChI is InChI=1S/C20H33N5O2/c1-23(2)19(26)10-12-22-20(27)21-11-7-13-25-15-14-24(3)16-18(25)17-8-5-4-6-9-17/h4-6,8-9,18H,7,10-16H2,1-3H3,(H2,21,22,27). The van der Waals surface area contributed by atoms with E-state index in [4.69, 9.17) is 0 Å². The Morgan fingerprint density at radius 3 is 2.52 bits per heavy atom. The van der Waals surface area contributed by atoms with Gasteiger partial charge in [0.25, 0.3) is 0 Å². The number of piperazine rings is 1. The Morgan fingerprint density at radius 1 is 1.11 bits per heavy atom. The summed E-state index contributed by atoms with van der Waals surface area (Å²) in [5.41, 5.74) is 1.35. The Balaban J connectivity index is 1.69. The van der Waals surface area contributed by atoms with Crippen molar-refractivity contribution in [2.24, 2.45) is 0 Å². The quantitative estimate of drug-likeness (QED) is 0.669. The highest BCUT2D eigenvalue weighted by molar-refractivity contribution is 5.77. The van der Waals surface area contributed by atoms with Crippen LogP contribution in [0.3, 0.4) is 0 Å². The van der Waals surface area contributed by atoms with E-state index in [1.807, 2.05) is 0 Å². The van der Waals surface area contributed by atoms with Crippen LogP contribution in [0.2, 0.25) is 0 Å². The zero-order valence-electron chi connectivity index (χ0n) is 16.8. The van der Waals surface area contributed by atoms with E-state index in [-0.39, 0.29) is 11.9 Å². The van der Waals surface area contributed by atoms with Crippen molar-refractivity contribution in [1.82, 2.24) is 25.3 Å². The van der Waals surface area contributed by atoms with Crippen molar-refractivity contribution in [1.29, 1.82) is 0 Å². The van der Waals surface area contributed by atoms with Gasteiger partial charge in [-0.15, -0.1) is 0 Å². The molecule has 0 radical (unpaired) electrons. The van der Waals surface area contributed by atoms with Crippen molar-refractivity contribution in [2.45, 2.75) is 18.9 Å². The number of urea groups is 1. The molecule has 1 fully saturated rings. The lowest BCUT2D eigenvalue weighted by Crippen LogP contribution is -2.47.